The number of likely N-dealkylation sites (N-methyl/N-ethyl adjacent to an activating group) is 1. The van der Waals surface area contributed by atoms with Gasteiger partial charge < -0.3 is 14.8 Å². The Kier molecular flexibility index (Phi) is 6.96. The molecule has 0 radical (unpaired) electrons. The fourth-order valence-electron chi connectivity index (χ4n) is 2.39. The summed E-state index contributed by atoms with van der Waals surface area (Å²) in [4.78, 5) is 2.40. The van der Waals surface area contributed by atoms with Gasteiger partial charge in [0.15, 0.2) is 0 Å². The van der Waals surface area contributed by atoms with E-state index in [1.807, 2.05) is 12.1 Å². The number of benzene rings is 1. The predicted octanol–water partition coefficient (Wildman–Crippen LogP) is 2.66. The van der Waals surface area contributed by atoms with Crippen LogP contribution in [0.5, 0.6) is 5.75 Å². The van der Waals surface area contributed by atoms with Gasteiger partial charge in [-0.25, -0.2) is 0 Å². The molecule has 1 fully saturated rings. The highest BCUT2D eigenvalue weighted by Gasteiger charge is 2.19. The SMILES string of the molecule is CCNCc1cc(OCC2CN(CC)CCO2)ccc1Br. The minimum Gasteiger partial charge on any atom is -0.491 e. The van der Waals surface area contributed by atoms with Crippen LogP contribution in [0.2, 0.25) is 0 Å². The molecule has 0 spiro atoms. The van der Waals surface area contributed by atoms with Crippen LogP contribution in [-0.4, -0.2) is 50.4 Å². The molecule has 0 amide bonds. The Hall–Kier alpha value is -0.620. The maximum Gasteiger partial charge on any atom is 0.119 e. The Morgan fingerprint density at radius 3 is 3.05 bits per heavy atom. The van der Waals surface area contributed by atoms with Crippen LogP contribution in [0.25, 0.3) is 0 Å². The highest BCUT2D eigenvalue weighted by Crippen LogP contribution is 2.23. The number of morpholine rings is 1. The van der Waals surface area contributed by atoms with E-state index in [2.05, 4.69) is 46.1 Å². The molecular weight excluding hydrogens is 332 g/mol. The van der Waals surface area contributed by atoms with Gasteiger partial charge in [0.05, 0.1) is 6.61 Å². The summed E-state index contributed by atoms with van der Waals surface area (Å²) >= 11 is 3.58. The molecule has 0 saturated carbocycles. The number of halogens is 1. The quantitative estimate of drug-likeness (QED) is 0.814. The third kappa shape index (κ3) is 5.25. The lowest BCUT2D eigenvalue weighted by Crippen LogP contribution is -2.44. The van der Waals surface area contributed by atoms with Crippen LogP contribution >= 0.6 is 15.9 Å². The fourth-order valence-corrected chi connectivity index (χ4v) is 2.78. The van der Waals surface area contributed by atoms with Crippen molar-refractivity contribution in [2.75, 3.05) is 39.4 Å². The van der Waals surface area contributed by atoms with Crippen LogP contribution < -0.4 is 10.1 Å². The van der Waals surface area contributed by atoms with Crippen molar-refractivity contribution < 1.29 is 9.47 Å². The zero-order valence-electron chi connectivity index (χ0n) is 12.9. The number of hydrogen-bond acceptors (Lipinski definition) is 4. The second-order valence-corrected chi connectivity index (χ2v) is 6.08. The summed E-state index contributed by atoms with van der Waals surface area (Å²) in [5, 5.41) is 3.33. The molecule has 1 aromatic rings. The number of nitrogens with zero attached hydrogens (tertiary/aromatic N) is 1. The Morgan fingerprint density at radius 1 is 1.43 bits per heavy atom. The fraction of sp³-hybridized carbons (Fsp3) is 0.625. The average molecular weight is 357 g/mol. The number of ether oxygens (including phenoxy) is 2. The van der Waals surface area contributed by atoms with Crippen LogP contribution in [0.4, 0.5) is 0 Å². The molecule has 1 atom stereocenters. The van der Waals surface area contributed by atoms with E-state index in [0.717, 1.165) is 49.6 Å². The van der Waals surface area contributed by atoms with E-state index in [1.165, 1.54) is 5.56 Å². The summed E-state index contributed by atoms with van der Waals surface area (Å²) in [6.07, 6.45) is 0.166. The van der Waals surface area contributed by atoms with Crippen LogP contribution in [0, 0.1) is 0 Å². The van der Waals surface area contributed by atoms with Crippen LogP contribution in [0.15, 0.2) is 22.7 Å². The lowest BCUT2D eigenvalue weighted by molar-refractivity contribution is -0.0464. The molecule has 0 bridgehead atoms. The Morgan fingerprint density at radius 2 is 2.29 bits per heavy atom. The molecule has 1 saturated heterocycles. The van der Waals surface area contributed by atoms with Gasteiger partial charge in [0.1, 0.15) is 18.5 Å². The van der Waals surface area contributed by atoms with Crippen molar-refractivity contribution in [3.63, 3.8) is 0 Å². The first-order valence-corrected chi connectivity index (χ1v) is 8.48. The van der Waals surface area contributed by atoms with E-state index in [9.17, 15) is 0 Å². The molecule has 0 aromatic heterocycles. The number of rotatable bonds is 7. The first-order chi connectivity index (χ1) is 10.2. The maximum atomic E-state index is 5.91. The average Bonchev–Trinajstić information content (AvgIpc) is 2.53. The predicted molar refractivity (Wildman–Crippen MR) is 88.9 cm³/mol. The van der Waals surface area contributed by atoms with E-state index in [0.29, 0.717) is 6.61 Å². The monoisotopic (exact) mass is 356 g/mol. The minimum atomic E-state index is 0.166. The van der Waals surface area contributed by atoms with E-state index >= 15 is 0 Å². The maximum absolute atomic E-state index is 5.91. The van der Waals surface area contributed by atoms with Gasteiger partial charge >= 0.3 is 0 Å². The summed E-state index contributed by atoms with van der Waals surface area (Å²) in [7, 11) is 0. The zero-order chi connectivity index (χ0) is 15.1. The molecule has 21 heavy (non-hydrogen) atoms. The summed E-state index contributed by atoms with van der Waals surface area (Å²) in [6.45, 7) is 10.6. The summed E-state index contributed by atoms with van der Waals surface area (Å²) in [6, 6.07) is 6.13. The molecule has 4 nitrogen and oxygen atoms in total. The first-order valence-electron chi connectivity index (χ1n) is 7.68. The third-order valence-electron chi connectivity index (χ3n) is 3.69. The van der Waals surface area contributed by atoms with Crippen molar-refractivity contribution >= 4 is 15.9 Å². The lowest BCUT2D eigenvalue weighted by atomic mass is 10.2. The molecule has 1 unspecified atom stereocenters. The van der Waals surface area contributed by atoms with Gasteiger partial charge in [0.25, 0.3) is 0 Å². The highest BCUT2D eigenvalue weighted by molar-refractivity contribution is 9.10. The molecule has 1 aliphatic rings. The van der Waals surface area contributed by atoms with Gasteiger partial charge in [-0.05, 0) is 36.9 Å². The smallest absolute Gasteiger partial charge is 0.119 e. The zero-order valence-corrected chi connectivity index (χ0v) is 14.5. The van der Waals surface area contributed by atoms with E-state index < -0.39 is 0 Å². The van der Waals surface area contributed by atoms with Crippen molar-refractivity contribution in [1.29, 1.82) is 0 Å². The number of hydrogen-bond donors (Lipinski definition) is 1. The van der Waals surface area contributed by atoms with Crippen molar-refractivity contribution in [3.05, 3.63) is 28.2 Å². The van der Waals surface area contributed by atoms with Crippen molar-refractivity contribution in [3.8, 4) is 5.75 Å². The molecule has 1 heterocycles. The largest absolute Gasteiger partial charge is 0.491 e. The van der Waals surface area contributed by atoms with Crippen LogP contribution in [-0.2, 0) is 11.3 Å². The summed E-state index contributed by atoms with van der Waals surface area (Å²) in [5.41, 5.74) is 1.22. The second kappa shape index (κ2) is 8.73. The van der Waals surface area contributed by atoms with Crippen LogP contribution in [0.1, 0.15) is 19.4 Å². The van der Waals surface area contributed by atoms with Gasteiger partial charge in [-0.2, -0.15) is 0 Å². The molecule has 2 rings (SSSR count). The minimum absolute atomic E-state index is 0.166. The van der Waals surface area contributed by atoms with Gasteiger partial charge in [0.2, 0.25) is 0 Å². The lowest BCUT2D eigenvalue weighted by Gasteiger charge is -2.31. The Bertz CT molecular complexity index is 442. The van der Waals surface area contributed by atoms with Gasteiger partial charge in [-0.3, -0.25) is 4.90 Å². The molecule has 0 aliphatic carbocycles. The number of nitrogens with one attached hydrogen (secondary N) is 1. The molecule has 5 heteroatoms. The van der Waals surface area contributed by atoms with Gasteiger partial charge in [-0.1, -0.05) is 29.8 Å². The first kappa shape index (κ1) is 16.7. The molecular formula is C16H25BrN2O2. The van der Waals surface area contributed by atoms with Crippen molar-refractivity contribution in [1.82, 2.24) is 10.2 Å². The van der Waals surface area contributed by atoms with E-state index in [1.54, 1.807) is 0 Å². The Balaban J connectivity index is 1.87. The summed E-state index contributed by atoms with van der Waals surface area (Å²) < 4.78 is 12.8. The Labute approximate surface area is 135 Å². The van der Waals surface area contributed by atoms with Gasteiger partial charge in [-0.15, -0.1) is 0 Å². The molecule has 1 N–H and O–H groups in total. The third-order valence-corrected chi connectivity index (χ3v) is 4.46. The topological polar surface area (TPSA) is 33.7 Å². The second-order valence-electron chi connectivity index (χ2n) is 5.23. The van der Waals surface area contributed by atoms with Gasteiger partial charge in [0, 0.05) is 24.1 Å². The van der Waals surface area contributed by atoms with E-state index in [4.69, 9.17) is 9.47 Å². The normalized spacial score (nSPS) is 19.7. The van der Waals surface area contributed by atoms with Crippen molar-refractivity contribution in [2.45, 2.75) is 26.5 Å². The van der Waals surface area contributed by atoms with Crippen molar-refractivity contribution in [2.24, 2.45) is 0 Å². The molecule has 1 aliphatic heterocycles. The molecule has 118 valence electrons. The standard InChI is InChI=1S/C16H25BrN2O2/c1-3-18-10-13-9-14(5-6-16(13)17)21-12-15-11-19(4-2)7-8-20-15/h5-6,9,15,18H,3-4,7-8,10-12H2,1-2H3. The highest BCUT2D eigenvalue weighted by atomic mass is 79.9. The van der Waals surface area contributed by atoms with Crippen LogP contribution in [0.3, 0.4) is 0 Å². The summed E-state index contributed by atoms with van der Waals surface area (Å²) in [5.74, 6) is 0.906. The van der Waals surface area contributed by atoms with E-state index in [-0.39, 0.29) is 6.10 Å². The molecule has 1 aromatic carbocycles.